The first-order valence-corrected chi connectivity index (χ1v) is 13.8. The number of carbonyl (C=O) groups excluding carboxylic acids is 1. The lowest BCUT2D eigenvalue weighted by atomic mass is 9.92. The zero-order chi connectivity index (χ0) is 28.7. The second-order valence-corrected chi connectivity index (χ2v) is 10.9. The fraction of sp³-hybridized carbons (Fsp3) is 0.367. The smallest absolute Gasteiger partial charge is 0.368 e. The molecule has 2 aliphatic heterocycles. The Balaban J connectivity index is 1.19. The molecule has 8 nitrogen and oxygen atoms in total. The second-order valence-electron chi connectivity index (χ2n) is 10.9. The fourth-order valence-corrected chi connectivity index (χ4v) is 5.75. The Morgan fingerprint density at radius 3 is 2.56 bits per heavy atom. The lowest BCUT2D eigenvalue weighted by Gasteiger charge is -2.34. The van der Waals surface area contributed by atoms with Crippen molar-refractivity contribution in [2.75, 3.05) is 61.4 Å². The third-order valence-electron chi connectivity index (χ3n) is 8.16. The number of amides is 1. The van der Waals surface area contributed by atoms with Gasteiger partial charge < -0.3 is 20.0 Å². The molecule has 2 aliphatic rings. The molecule has 3 aromatic heterocycles. The second kappa shape index (κ2) is 10.7. The van der Waals surface area contributed by atoms with Crippen molar-refractivity contribution in [2.24, 2.45) is 0 Å². The van der Waals surface area contributed by atoms with Gasteiger partial charge in [0, 0.05) is 63.1 Å². The van der Waals surface area contributed by atoms with Crippen molar-refractivity contribution in [3.63, 3.8) is 0 Å². The van der Waals surface area contributed by atoms with Crippen LogP contribution in [0.4, 0.5) is 30.4 Å². The van der Waals surface area contributed by atoms with E-state index in [2.05, 4.69) is 59.8 Å². The van der Waals surface area contributed by atoms with Crippen LogP contribution in [0.15, 0.2) is 61.2 Å². The largest absolute Gasteiger partial charge is 0.417 e. The molecule has 214 valence electrons. The number of aryl methyl sites for hydroxylation is 1. The van der Waals surface area contributed by atoms with Gasteiger partial charge in [-0.15, -0.1) is 0 Å². The summed E-state index contributed by atoms with van der Waals surface area (Å²) in [5.74, 6) is 0.770. The first-order chi connectivity index (χ1) is 19.7. The molecule has 1 N–H and O–H groups in total. The monoisotopic (exact) mass is 563 g/mol. The molecule has 6 rings (SSSR count). The van der Waals surface area contributed by atoms with E-state index < -0.39 is 17.6 Å². The minimum atomic E-state index is -4.54. The minimum Gasteiger partial charge on any atom is -0.368 e. The van der Waals surface area contributed by atoms with E-state index in [1.54, 1.807) is 6.07 Å². The molecule has 0 radical (unpaired) electrons. The van der Waals surface area contributed by atoms with Gasteiger partial charge in [0.05, 0.1) is 29.3 Å². The number of aromatic nitrogens is 3. The molecule has 0 saturated carbocycles. The molecular formula is C30H32F3N7O. The zero-order valence-electron chi connectivity index (χ0n) is 23.0. The van der Waals surface area contributed by atoms with E-state index in [1.807, 2.05) is 25.3 Å². The van der Waals surface area contributed by atoms with Crippen molar-refractivity contribution in [3.8, 4) is 0 Å². The van der Waals surface area contributed by atoms with Crippen LogP contribution in [-0.4, -0.2) is 71.5 Å². The third kappa shape index (κ3) is 5.58. The van der Waals surface area contributed by atoms with Crippen LogP contribution in [0.3, 0.4) is 0 Å². The van der Waals surface area contributed by atoms with Crippen LogP contribution < -0.4 is 15.1 Å². The topological polar surface area (TPSA) is 69.0 Å². The Hall–Kier alpha value is -4.12. The quantitative estimate of drug-likeness (QED) is 0.367. The summed E-state index contributed by atoms with van der Waals surface area (Å²) in [4.78, 5) is 28.3. The summed E-state index contributed by atoms with van der Waals surface area (Å²) < 4.78 is 41.4. The molecule has 2 saturated heterocycles. The van der Waals surface area contributed by atoms with Crippen molar-refractivity contribution in [1.29, 1.82) is 0 Å². The van der Waals surface area contributed by atoms with Gasteiger partial charge in [0.25, 0.3) is 5.91 Å². The summed E-state index contributed by atoms with van der Waals surface area (Å²) in [5.41, 5.74) is 3.72. The number of pyridine rings is 2. The lowest BCUT2D eigenvalue weighted by molar-refractivity contribution is -0.137. The van der Waals surface area contributed by atoms with Crippen LogP contribution in [0.1, 0.15) is 39.4 Å². The van der Waals surface area contributed by atoms with E-state index in [0.717, 1.165) is 80.5 Å². The Kier molecular flexibility index (Phi) is 7.06. The van der Waals surface area contributed by atoms with Crippen molar-refractivity contribution in [1.82, 2.24) is 19.3 Å². The van der Waals surface area contributed by atoms with E-state index in [4.69, 9.17) is 0 Å². The molecule has 0 aliphatic carbocycles. The Bertz CT molecular complexity index is 1580. The molecule has 1 aromatic carbocycles. The maximum atomic E-state index is 13.1. The summed E-state index contributed by atoms with van der Waals surface area (Å²) in [5, 5.41) is 2.56. The number of likely N-dealkylation sites (N-methyl/N-ethyl adjacent to an activating group) is 1. The maximum absolute atomic E-state index is 13.1. The number of rotatable bonds is 5. The van der Waals surface area contributed by atoms with Gasteiger partial charge in [-0.3, -0.25) is 14.2 Å². The van der Waals surface area contributed by atoms with Crippen LogP contribution in [0.5, 0.6) is 0 Å². The van der Waals surface area contributed by atoms with Crippen LogP contribution in [0.2, 0.25) is 0 Å². The Labute approximate surface area is 236 Å². The molecule has 0 spiro atoms. The number of carbonyl (C=O) groups is 1. The molecular weight excluding hydrogens is 531 g/mol. The van der Waals surface area contributed by atoms with Crippen molar-refractivity contribution in [3.05, 3.63) is 83.4 Å². The first kappa shape index (κ1) is 27.1. The molecule has 4 aromatic rings. The maximum Gasteiger partial charge on any atom is 0.417 e. The highest BCUT2D eigenvalue weighted by molar-refractivity contribution is 6.04. The summed E-state index contributed by atoms with van der Waals surface area (Å²) in [6.45, 7) is 7.70. The van der Waals surface area contributed by atoms with Gasteiger partial charge in [-0.1, -0.05) is 6.07 Å². The van der Waals surface area contributed by atoms with E-state index in [-0.39, 0.29) is 11.6 Å². The number of nitrogens with zero attached hydrogens (tertiary/aromatic N) is 6. The van der Waals surface area contributed by atoms with Crippen LogP contribution in [0.25, 0.3) is 5.65 Å². The number of piperazine rings is 1. The molecule has 1 unspecified atom stereocenters. The summed E-state index contributed by atoms with van der Waals surface area (Å²) >= 11 is 0. The van der Waals surface area contributed by atoms with E-state index in [9.17, 15) is 18.0 Å². The normalized spacial score (nSPS) is 18.3. The number of hydrogen-bond acceptors (Lipinski definition) is 6. The van der Waals surface area contributed by atoms with Crippen molar-refractivity contribution in [2.45, 2.75) is 25.4 Å². The van der Waals surface area contributed by atoms with E-state index >= 15 is 0 Å². The molecule has 2 fully saturated rings. The molecule has 11 heteroatoms. The van der Waals surface area contributed by atoms with Crippen molar-refractivity contribution < 1.29 is 18.0 Å². The first-order valence-electron chi connectivity index (χ1n) is 13.8. The molecule has 0 bridgehead atoms. The Morgan fingerprint density at radius 2 is 1.78 bits per heavy atom. The third-order valence-corrected chi connectivity index (χ3v) is 8.16. The van der Waals surface area contributed by atoms with Gasteiger partial charge in [-0.25, -0.2) is 4.98 Å². The number of alkyl halides is 3. The van der Waals surface area contributed by atoms with E-state index in [1.165, 1.54) is 11.9 Å². The van der Waals surface area contributed by atoms with Gasteiger partial charge in [0.2, 0.25) is 0 Å². The number of fused-ring (bicyclic) bond motifs is 1. The number of halogens is 3. The highest BCUT2D eigenvalue weighted by Gasteiger charge is 2.31. The summed E-state index contributed by atoms with van der Waals surface area (Å²) in [7, 11) is 2.15. The standard InChI is InChI=1S/C30H32F3N7O/c1-20-3-4-21(29(41)36-24-14-23(15-34-16-24)30(31,32)33)13-26(20)22-7-8-39(18-22)28-17-35-27-6-5-25(19-40(27)28)38-11-9-37(2)10-12-38/h3-6,13-17,19,22H,7-12,18H2,1-2H3,(H,36,41). The van der Waals surface area contributed by atoms with Gasteiger partial charge in [-0.05, 0) is 61.9 Å². The predicted molar refractivity (Wildman–Crippen MR) is 153 cm³/mol. The molecule has 1 amide bonds. The molecule has 41 heavy (non-hydrogen) atoms. The molecule has 1 atom stereocenters. The highest BCUT2D eigenvalue weighted by atomic mass is 19.4. The summed E-state index contributed by atoms with van der Waals surface area (Å²) in [6, 6.07) is 10.6. The summed E-state index contributed by atoms with van der Waals surface area (Å²) in [6.07, 6.45) is 2.42. The van der Waals surface area contributed by atoms with Crippen LogP contribution >= 0.6 is 0 Å². The van der Waals surface area contributed by atoms with Crippen molar-refractivity contribution >= 4 is 28.7 Å². The average Bonchev–Trinajstić information content (AvgIpc) is 3.60. The number of anilines is 3. The fourth-order valence-electron chi connectivity index (χ4n) is 5.75. The van der Waals surface area contributed by atoms with Gasteiger partial charge in [0.1, 0.15) is 11.5 Å². The van der Waals surface area contributed by atoms with Crippen LogP contribution in [0, 0.1) is 6.92 Å². The average molecular weight is 564 g/mol. The van der Waals surface area contributed by atoms with E-state index in [0.29, 0.717) is 5.56 Å². The minimum absolute atomic E-state index is 0.00236. The lowest BCUT2D eigenvalue weighted by Crippen LogP contribution is -2.44. The SMILES string of the molecule is Cc1ccc(C(=O)Nc2cncc(C(F)(F)F)c2)cc1C1CCN(c2cnc3ccc(N4CCN(C)CC4)cn23)C1. The van der Waals surface area contributed by atoms with Gasteiger partial charge in [-0.2, -0.15) is 13.2 Å². The van der Waals surface area contributed by atoms with Gasteiger partial charge in [0.15, 0.2) is 0 Å². The zero-order valence-corrected chi connectivity index (χ0v) is 23.0. The predicted octanol–water partition coefficient (Wildman–Crippen LogP) is 5.05. The Morgan fingerprint density at radius 1 is 0.976 bits per heavy atom. The van der Waals surface area contributed by atoms with Crippen LogP contribution in [-0.2, 0) is 6.18 Å². The highest BCUT2D eigenvalue weighted by Crippen LogP contribution is 2.34. The number of imidazole rings is 1. The number of hydrogen-bond donors (Lipinski definition) is 1. The molecule has 5 heterocycles. The number of benzene rings is 1. The van der Waals surface area contributed by atoms with Gasteiger partial charge >= 0.3 is 6.18 Å². The number of nitrogens with one attached hydrogen (secondary N) is 1.